The van der Waals surface area contributed by atoms with Crippen molar-refractivity contribution in [2.45, 2.75) is 406 Å². The molecule has 24 atom stereocenters. The zero-order valence-corrected chi connectivity index (χ0v) is 71.7. The summed E-state index contributed by atoms with van der Waals surface area (Å²) in [5, 5.41) is 20.6. The minimum absolute atomic E-state index is 0.148. The lowest BCUT2D eigenvalue weighted by Crippen LogP contribution is -2.78. The summed E-state index contributed by atoms with van der Waals surface area (Å²) in [5.41, 5.74) is 0.590. The molecular weight excluding hydrogens is 1210 g/mol. The van der Waals surface area contributed by atoms with Crippen LogP contribution in [0.3, 0.4) is 0 Å². The maximum Gasteiger partial charge on any atom is 0.0263 e. The van der Waals surface area contributed by atoms with Crippen LogP contribution in [-0.4, -0.2) is 47.3 Å². The van der Waals surface area contributed by atoms with Crippen molar-refractivity contribution in [3.8, 4) is 0 Å². The third-order valence-corrected chi connectivity index (χ3v) is 34.7. The van der Waals surface area contributed by atoms with Crippen molar-refractivity contribution in [2.24, 2.45) is 189 Å². The Morgan fingerprint density at radius 3 is 0.520 bits per heavy atom. The largest absolute Gasteiger partial charge is 0.314 e. The molecular formula is C96H178N4. The molecule has 2 saturated heterocycles. The molecule has 582 valence electrons. The number of nitrogens with one attached hydrogen (secondary N) is 4. The first-order valence-corrected chi connectivity index (χ1v) is 46.4. The van der Waals surface area contributed by atoms with Crippen LogP contribution in [0.2, 0.25) is 0 Å². The SMILES string of the molecule is CC1CCC(C(C)C)C(C2(C3CC(C)CCC3C(C)C)CC(NCCCCCCNC3CC(C4CC(C)CCC4C(C)C)(C4CC(C)CCC4C(C)C)NC(C4CC(C)CCC4C(C)C)(C4CC(C)CCC4C(C)C)C3)CC(C3CC(C)CCC3C(C)C)(C3CC(C)CCC3C(C)C)N2)C1. The molecule has 0 aromatic rings. The second-order valence-electron chi connectivity index (χ2n) is 44.4. The lowest BCUT2D eigenvalue weighted by atomic mass is 9.46. The van der Waals surface area contributed by atoms with Crippen LogP contribution < -0.4 is 21.3 Å². The quantitative estimate of drug-likeness (QED) is 0.0688. The van der Waals surface area contributed by atoms with Gasteiger partial charge in [0.2, 0.25) is 0 Å². The first-order chi connectivity index (χ1) is 47.3. The molecule has 4 heteroatoms. The topological polar surface area (TPSA) is 48.1 Å². The second-order valence-corrected chi connectivity index (χ2v) is 44.4. The maximum absolute atomic E-state index is 5.53. The zero-order chi connectivity index (χ0) is 72.5. The Labute approximate surface area is 626 Å². The van der Waals surface area contributed by atoms with Crippen molar-refractivity contribution in [3.05, 3.63) is 0 Å². The number of hydrogen-bond acceptors (Lipinski definition) is 4. The highest BCUT2D eigenvalue weighted by Crippen LogP contribution is 2.65. The highest BCUT2D eigenvalue weighted by molar-refractivity contribution is 5.23. The van der Waals surface area contributed by atoms with Gasteiger partial charge in [0, 0.05) is 34.2 Å². The molecule has 0 radical (unpaired) electrons. The van der Waals surface area contributed by atoms with Gasteiger partial charge in [-0.3, -0.25) is 0 Å². The zero-order valence-electron chi connectivity index (χ0n) is 71.7. The van der Waals surface area contributed by atoms with Crippen LogP contribution in [0.4, 0.5) is 0 Å². The fraction of sp³-hybridized carbons (Fsp3) is 1.00. The van der Waals surface area contributed by atoms with Crippen LogP contribution in [0.5, 0.6) is 0 Å². The molecule has 10 rings (SSSR count). The Morgan fingerprint density at radius 1 is 0.230 bits per heavy atom. The fourth-order valence-electron chi connectivity index (χ4n) is 29.8. The summed E-state index contributed by atoms with van der Waals surface area (Å²) in [6.07, 6.45) is 45.4. The molecule has 0 aromatic carbocycles. The van der Waals surface area contributed by atoms with Crippen LogP contribution >= 0.6 is 0 Å². The Kier molecular flexibility index (Phi) is 29.0. The van der Waals surface area contributed by atoms with Gasteiger partial charge < -0.3 is 21.3 Å². The lowest BCUT2D eigenvalue weighted by Gasteiger charge is -2.69. The molecule has 100 heavy (non-hydrogen) atoms. The number of piperidine rings is 2. The molecule has 10 fully saturated rings. The van der Waals surface area contributed by atoms with Gasteiger partial charge in [-0.2, -0.15) is 0 Å². The van der Waals surface area contributed by atoms with Crippen molar-refractivity contribution >= 4 is 0 Å². The van der Waals surface area contributed by atoms with E-state index in [0.29, 0.717) is 12.1 Å². The van der Waals surface area contributed by atoms with Gasteiger partial charge in [-0.1, -0.05) is 230 Å². The third-order valence-electron chi connectivity index (χ3n) is 34.7. The van der Waals surface area contributed by atoms with Crippen molar-refractivity contribution < 1.29 is 0 Å². The molecule has 10 aliphatic rings. The van der Waals surface area contributed by atoms with Crippen LogP contribution in [0.1, 0.15) is 372 Å². The van der Waals surface area contributed by atoms with Crippen molar-refractivity contribution in [3.63, 3.8) is 0 Å². The summed E-state index contributed by atoms with van der Waals surface area (Å²) in [4.78, 5) is 0. The predicted octanol–water partition coefficient (Wildman–Crippen LogP) is 25.9. The van der Waals surface area contributed by atoms with Crippen molar-refractivity contribution in [1.29, 1.82) is 0 Å². The highest BCUT2D eigenvalue weighted by atomic mass is 15.2. The average Bonchev–Trinajstić information content (AvgIpc) is 0.707. The summed E-state index contributed by atoms with van der Waals surface area (Å²) >= 11 is 0. The molecule has 4 nitrogen and oxygen atoms in total. The number of unbranched alkanes of at least 4 members (excludes halogenated alkanes) is 3. The minimum atomic E-state index is 0.148. The van der Waals surface area contributed by atoms with Gasteiger partial charge >= 0.3 is 0 Å². The molecule has 0 aromatic heterocycles. The van der Waals surface area contributed by atoms with E-state index in [1.807, 2.05) is 0 Å². The Hall–Kier alpha value is -0.160. The molecule has 8 aliphatic carbocycles. The van der Waals surface area contributed by atoms with E-state index >= 15 is 0 Å². The van der Waals surface area contributed by atoms with E-state index in [1.54, 1.807) is 0 Å². The second kappa shape index (κ2) is 35.2. The van der Waals surface area contributed by atoms with Gasteiger partial charge in [-0.25, -0.2) is 0 Å². The average molecular weight is 1390 g/mol. The Balaban J connectivity index is 0.988. The molecule has 2 heterocycles. The van der Waals surface area contributed by atoms with E-state index in [0.717, 1.165) is 189 Å². The van der Waals surface area contributed by atoms with Gasteiger partial charge in [-0.15, -0.1) is 0 Å². The maximum atomic E-state index is 5.53. The number of rotatable bonds is 25. The minimum Gasteiger partial charge on any atom is -0.314 e. The Bertz CT molecular complexity index is 1970. The predicted molar refractivity (Wildman–Crippen MR) is 436 cm³/mol. The fourth-order valence-corrected chi connectivity index (χ4v) is 29.8. The molecule has 8 saturated carbocycles. The van der Waals surface area contributed by atoms with Crippen molar-refractivity contribution in [1.82, 2.24) is 21.3 Å². The first-order valence-electron chi connectivity index (χ1n) is 46.4. The van der Waals surface area contributed by atoms with E-state index in [4.69, 9.17) is 21.3 Å². The Morgan fingerprint density at radius 2 is 0.380 bits per heavy atom. The summed E-state index contributed by atoms with van der Waals surface area (Å²) < 4.78 is 0. The van der Waals surface area contributed by atoms with E-state index in [2.05, 4.69) is 166 Å². The van der Waals surface area contributed by atoms with Gasteiger partial charge in [0.15, 0.2) is 0 Å². The standard InChI is InChI=1S/C96H178N4/c1-59(2)77-37-29-67(17)47-85(77)93(86-48-68(18)30-38-78(86)60(3)4)55-75(56-94(99-93,87-49-69(19)31-39-79(87)61(5)6)88-50-70(20)32-40-80(88)62(7)8)97-45-27-25-26-28-46-98-76-57-95(89-51-71(21)33-41-81(89)63(9)10,90-52-72(22)34-42-82(90)64(11)12)100-96(58-76,91-53-73(23)35-43-83(91)65(13)14)92-54-74(24)36-44-84(92)66(15)16/h59-92,97-100H,25-58H2,1-24H3. The summed E-state index contributed by atoms with van der Waals surface area (Å²) in [7, 11) is 0. The lowest BCUT2D eigenvalue weighted by molar-refractivity contribution is -0.136. The third kappa shape index (κ3) is 17.8. The van der Waals surface area contributed by atoms with E-state index in [9.17, 15) is 0 Å². The van der Waals surface area contributed by atoms with Crippen LogP contribution in [0.15, 0.2) is 0 Å². The molecule has 0 amide bonds. The van der Waals surface area contributed by atoms with Crippen molar-refractivity contribution in [2.75, 3.05) is 13.1 Å². The van der Waals surface area contributed by atoms with Crippen LogP contribution in [0, 0.1) is 189 Å². The van der Waals surface area contributed by atoms with E-state index in [1.165, 1.54) is 219 Å². The van der Waals surface area contributed by atoms with Gasteiger partial charge in [0.1, 0.15) is 0 Å². The summed E-state index contributed by atoms with van der Waals surface area (Å²) in [5.74, 6) is 24.7. The monoisotopic (exact) mass is 1390 g/mol. The smallest absolute Gasteiger partial charge is 0.0263 e. The molecule has 24 unspecified atom stereocenters. The van der Waals surface area contributed by atoms with Gasteiger partial charge in [0.05, 0.1) is 0 Å². The van der Waals surface area contributed by atoms with Crippen LogP contribution in [-0.2, 0) is 0 Å². The highest BCUT2D eigenvalue weighted by Gasteiger charge is 2.67. The molecule has 2 aliphatic heterocycles. The van der Waals surface area contributed by atoms with Crippen LogP contribution in [0.25, 0.3) is 0 Å². The van der Waals surface area contributed by atoms with E-state index in [-0.39, 0.29) is 22.2 Å². The number of hydrogen-bond donors (Lipinski definition) is 4. The first kappa shape index (κ1) is 82.3. The summed E-state index contributed by atoms with van der Waals surface area (Å²) in [6, 6.07) is 1.15. The normalized spacial score (nSPS) is 46.8. The molecule has 4 N–H and O–H groups in total. The van der Waals surface area contributed by atoms with Gasteiger partial charge in [0.25, 0.3) is 0 Å². The van der Waals surface area contributed by atoms with E-state index < -0.39 is 0 Å². The summed E-state index contributed by atoms with van der Waals surface area (Å²) in [6.45, 7) is 66.8. The van der Waals surface area contributed by atoms with Gasteiger partial charge in [-0.05, 0) is 344 Å². The molecule has 0 spiro atoms. The molecule has 0 bridgehead atoms.